The van der Waals surface area contributed by atoms with Gasteiger partial charge in [0.05, 0.1) is 6.20 Å². The fourth-order valence-electron chi connectivity index (χ4n) is 2.24. The molecule has 0 aliphatic heterocycles. The van der Waals surface area contributed by atoms with Gasteiger partial charge in [-0.2, -0.15) is 0 Å². The molecule has 3 rings (SSSR count). The minimum atomic E-state index is -0.287. The second-order valence-electron chi connectivity index (χ2n) is 4.85. The second-order valence-corrected chi connectivity index (χ2v) is 4.85. The molecule has 0 saturated carbocycles. The summed E-state index contributed by atoms with van der Waals surface area (Å²) < 4.78 is 21.0. The van der Waals surface area contributed by atoms with Crippen molar-refractivity contribution in [1.82, 2.24) is 14.5 Å². The van der Waals surface area contributed by atoms with Crippen molar-refractivity contribution < 1.29 is 8.81 Å². The maximum absolute atomic E-state index is 13.2. The second kappa shape index (κ2) is 5.91. The number of nitrogens with zero attached hydrogens (tertiary/aromatic N) is 3. The summed E-state index contributed by atoms with van der Waals surface area (Å²) in [4.78, 5) is 8.58. The fraction of sp³-hybridized carbons (Fsp3) is 0.250. The summed E-state index contributed by atoms with van der Waals surface area (Å²) in [5.74, 6) is 1.89. The largest absolute Gasteiger partial charge is 0.439 e. The highest BCUT2D eigenvalue weighted by atomic mass is 19.1. The van der Waals surface area contributed by atoms with E-state index in [1.807, 2.05) is 10.8 Å². The summed E-state index contributed by atoms with van der Waals surface area (Å²) >= 11 is 0. The maximum Gasteiger partial charge on any atom is 0.214 e. The Kier molecular flexibility index (Phi) is 3.81. The lowest BCUT2D eigenvalue weighted by Crippen LogP contribution is -2.04. The van der Waals surface area contributed by atoms with Gasteiger partial charge in [-0.25, -0.2) is 14.4 Å². The number of halogens is 1. The molecule has 3 aromatic rings. The van der Waals surface area contributed by atoms with Crippen LogP contribution >= 0.6 is 0 Å². The van der Waals surface area contributed by atoms with E-state index in [-0.39, 0.29) is 5.82 Å². The predicted molar refractivity (Wildman–Crippen MR) is 77.2 cm³/mol. The van der Waals surface area contributed by atoms with Gasteiger partial charge in [-0.3, -0.25) is 0 Å². The normalized spacial score (nSPS) is 11.0. The molecule has 0 aliphatic carbocycles. The third-order valence-corrected chi connectivity index (χ3v) is 3.24. The van der Waals surface area contributed by atoms with E-state index in [9.17, 15) is 4.39 Å². The zero-order valence-corrected chi connectivity index (χ0v) is 11.8. The van der Waals surface area contributed by atoms with Crippen LogP contribution in [0.15, 0.2) is 47.3 Å². The van der Waals surface area contributed by atoms with Crippen LogP contribution in [0.2, 0.25) is 0 Å². The smallest absolute Gasteiger partial charge is 0.214 e. The van der Waals surface area contributed by atoms with Gasteiger partial charge in [0.25, 0.3) is 0 Å². The molecule has 0 bridgehead atoms. The minimum absolute atomic E-state index is 0.287. The summed E-state index contributed by atoms with van der Waals surface area (Å²) in [5.41, 5.74) is 0.688. The number of rotatable bonds is 5. The van der Waals surface area contributed by atoms with Gasteiger partial charge in [0.1, 0.15) is 18.2 Å². The molecule has 2 aromatic heterocycles. The van der Waals surface area contributed by atoms with Crippen LogP contribution in [0, 0.1) is 5.82 Å². The van der Waals surface area contributed by atoms with E-state index in [1.54, 1.807) is 24.5 Å². The molecular formula is C16H16FN3O. The number of aromatic nitrogens is 3. The first-order chi connectivity index (χ1) is 10.3. The van der Waals surface area contributed by atoms with E-state index < -0.39 is 0 Å². The monoisotopic (exact) mass is 285 g/mol. The Bertz CT molecular complexity index is 732. The molecule has 5 heteroatoms. The maximum atomic E-state index is 13.2. The molecule has 0 atom stereocenters. The summed E-state index contributed by atoms with van der Waals surface area (Å²) in [6.45, 7) is 2.65. The summed E-state index contributed by atoms with van der Waals surface area (Å²) in [7, 11) is 0. The van der Waals surface area contributed by atoms with Gasteiger partial charge in [-0.15, -0.1) is 0 Å². The average molecular weight is 285 g/mol. The van der Waals surface area contributed by atoms with Crippen LogP contribution in [0.3, 0.4) is 0 Å². The first-order valence-electron chi connectivity index (χ1n) is 6.97. The third kappa shape index (κ3) is 3.02. The van der Waals surface area contributed by atoms with Gasteiger partial charge >= 0.3 is 0 Å². The van der Waals surface area contributed by atoms with Gasteiger partial charge in [0, 0.05) is 24.4 Å². The van der Waals surface area contributed by atoms with Crippen LogP contribution in [-0.2, 0) is 13.0 Å². The van der Waals surface area contributed by atoms with Crippen LogP contribution < -0.4 is 0 Å². The van der Waals surface area contributed by atoms with E-state index in [1.165, 1.54) is 12.1 Å². The lowest BCUT2D eigenvalue weighted by Gasteiger charge is -2.03. The van der Waals surface area contributed by atoms with Crippen molar-refractivity contribution in [2.24, 2.45) is 0 Å². The molecule has 0 N–H and O–H groups in total. The zero-order chi connectivity index (χ0) is 14.7. The average Bonchev–Trinajstić information content (AvgIpc) is 3.10. The Hall–Kier alpha value is -2.43. The fourth-order valence-corrected chi connectivity index (χ4v) is 2.24. The van der Waals surface area contributed by atoms with Crippen LogP contribution in [0.1, 0.15) is 25.1 Å². The molecule has 1 aromatic carbocycles. The van der Waals surface area contributed by atoms with Gasteiger partial charge < -0.3 is 8.98 Å². The van der Waals surface area contributed by atoms with Crippen molar-refractivity contribution in [1.29, 1.82) is 0 Å². The highest BCUT2D eigenvalue weighted by Gasteiger charge is 2.09. The van der Waals surface area contributed by atoms with E-state index in [0.29, 0.717) is 23.8 Å². The number of imidazole rings is 1. The lowest BCUT2D eigenvalue weighted by molar-refractivity contribution is 0.482. The Balaban J connectivity index is 1.80. The molecule has 0 saturated heterocycles. The number of benzene rings is 1. The van der Waals surface area contributed by atoms with Crippen molar-refractivity contribution in [3.8, 4) is 11.3 Å². The van der Waals surface area contributed by atoms with Crippen molar-refractivity contribution in [3.05, 3.63) is 60.4 Å². The van der Waals surface area contributed by atoms with Crippen molar-refractivity contribution >= 4 is 0 Å². The zero-order valence-electron chi connectivity index (χ0n) is 11.8. The summed E-state index contributed by atoms with van der Waals surface area (Å²) in [6, 6.07) is 6.29. The molecule has 0 fully saturated rings. The van der Waals surface area contributed by atoms with Gasteiger partial charge in [0.15, 0.2) is 5.76 Å². The molecule has 0 unspecified atom stereocenters. The molecular weight excluding hydrogens is 269 g/mol. The van der Waals surface area contributed by atoms with E-state index >= 15 is 0 Å². The first kappa shape index (κ1) is 13.5. The van der Waals surface area contributed by atoms with Gasteiger partial charge in [-0.1, -0.05) is 19.1 Å². The summed E-state index contributed by atoms with van der Waals surface area (Å²) in [6.07, 6.45) is 7.28. The molecule has 108 valence electrons. The Morgan fingerprint density at radius 2 is 2.19 bits per heavy atom. The topological polar surface area (TPSA) is 43.9 Å². The number of hydrogen-bond donors (Lipinski definition) is 0. The molecule has 0 amide bonds. The first-order valence-corrected chi connectivity index (χ1v) is 6.97. The predicted octanol–water partition coefficient (Wildman–Crippen LogP) is 3.68. The number of hydrogen-bond acceptors (Lipinski definition) is 3. The molecule has 0 spiro atoms. The lowest BCUT2D eigenvalue weighted by atomic mass is 10.2. The Morgan fingerprint density at radius 3 is 3.00 bits per heavy atom. The number of oxazole rings is 1. The van der Waals surface area contributed by atoms with Crippen LogP contribution in [0.5, 0.6) is 0 Å². The highest BCUT2D eigenvalue weighted by Crippen LogP contribution is 2.21. The van der Waals surface area contributed by atoms with E-state index in [2.05, 4.69) is 16.9 Å². The van der Waals surface area contributed by atoms with Crippen LogP contribution in [0.25, 0.3) is 11.3 Å². The van der Waals surface area contributed by atoms with E-state index in [0.717, 1.165) is 18.7 Å². The molecule has 2 heterocycles. The van der Waals surface area contributed by atoms with Crippen molar-refractivity contribution in [2.45, 2.75) is 26.3 Å². The van der Waals surface area contributed by atoms with Crippen molar-refractivity contribution in [3.63, 3.8) is 0 Å². The SMILES string of the molecule is CCCc1nccn1Cc1ncc(-c2cccc(F)c2)o1. The van der Waals surface area contributed by atoms with Crippen molar-refractivity contribution in [2.75, 3.05) is 0 Å². The third-order valence-electron chi connectivity index (χ3n) is 3.24. The quantitative estimate of drug-likeness (QED) is 0.718. The van der Waals surface area contributed by atoms with Gasteiger partial charge in [-0.05, 0) is 18.6 Å². The molecule has 21 heavy (non-hydrogen) atoms. The Morgan fingerprint density at radius 1 is 1.29 bits per heavy atom. The molecule has 0 aliphatic rings. The van der Waals surface area contributed by atoms with Gasteiger partial charge in [0.2, 0.25) is 5.89 Å². The van der Waals surface area contributed by atoms with E-state index in [4.69, 9.17) is 4.42 Å². The highest BCUT2D eigenvalue weighted by molar-refractivity contribution is 5.56. The summed E-state index contributed by atoms with van der Waals surface area (Å²) in [5, 5.41) is 0. The standard InChI is InChI=1S/C16H16FN3O/c1-2-4-15-18-7-8-20(15)11-16-19-10-14(21-16)12-5-3-6-13(17)9-12/h3,5-10H,2,4,11H2,1H3. The molecule has 4 nitrogen and oxygen atoms in total. The van der Waals surface area contributed by atoms with Crippen LogP contribution in [0.4, 0.5) is 4.39 Å². The minimum Gasteiger partial charge on any atom is -0.439 e. The Labute approximate surface area is 122 Å². The number of aryl methyl sites for hydroxylation is 1. The van der Waals surface area contributed by atoms with Crippen LogP contribution in [-0.4, -0.2) is 14.5 Å². The molecule has 0 radical (unpaired) electrons.